The van der Waals surface area contributed by atoms with Crippen LogP contribution in [0.3, 0.4) is 0 Å². The monoisotopic (exact) mass is 245 g/mol. The Hall–Kier alpha value is -1.71. The van der Waals surface area contributed by atoms with Crippen LogP contribution in [-0.2, 0) is 0 Å². The Bertz CT molecular complexity index is 521. The Kier molecular flexibility index (Phi) is 2.30. The topological polar surface area (TPSA) is 60.0 Å². The summed E-state index contributed by atoms with van der Waals surface area (Å²) < 4.78 is 1.74. The molecule has 2 fully saturated rings. The van der Waals surface area contributed by atoms with Crippen molar-refractivity contribution in [1.82, 2.24) is 9.88 Å². The van der Waals surface area contributed by atoms with Crippen molar-refractivity contribution in [2.75, 3.05) is 5.73 Å². The number of nitrogen functional groups attached to an aromatic ring is 1. The number of carbonyl (C=O) groups is 1. The maximum absolute atomic E-state index is 12.3. The first kappa shape index (κ1) is 11.4. The van der Waals surface area contributed by atoms with Crippen molar-refractivity contribution in [3.8, 4) is 0 Å². The van der Waals surface area contributed by atoms with E-state index in [2.05, 4.69) is 11.9 Å². The third kappa shape index (κ3) is 1.72. The standard InChI is InChI=1S/C14H19N3O/c1-9(2)17-8-5-11(12(17)15)13(18)16-14(6-7-14)10-3-4-10/h5,8,10H,1,3-4,6-7,15H2,2H3,(H,16,18). The number of amides is 1. The molecule has 2 aliphatic carbocycles. The lowest BCUT2D eigenvalue weighted by Gasteiger charge is -2.16. The van der Waals surface area contributed by atoms with Gasteiger partial charge in [0.25, 0.3) is 5.91 Å². The van der Waals surface area contributed by atoms with Gasteiger partial charge in [0.2, 0.25) is 0 Å². The highest BCUT2D eigenvalue weighted by atomic mass is 16.1. The van der Waals surface area contributed by atoms with Gasteiger partial charge in [-0.05, 0) is 44.6 Å². The molecule has 0 aromatic carbocycles. The average Bonchev–Trinajstić information content (AvgIpc) is 3.17. The number of nitrogens with two attached hydrogens (primary N) is 1. The van der Waals surface area contributed by atoms with Crippen LogP contribution in [0.4, 0.5) is 5.82 Å². The zero-order valence-corrected chi connectivity index (χ0v) is 10.7. The van der Waals surface area contributed by atoms with E-state index in [1.807, 2.05) is 6.92 Å². The minimum Gasteiger partial charge on any atom is -0.384 e. The predicted octanol–water partition coefficient (Wildman–Crippen LogP) is 2.23. The Morgan fingerprint density at radius 2 is 2.22 bits per heavy atom. The largest absolute Gasteiger partial charge is 0.384 e. The van der Waals surface area contributed by atoms with Gasteiger partial charge in [-0.15, -0.1) is 0 Å². The molecular formula is C14H19N3O. The van der Waals surface area contributed by atoms with Gasteiger partial charge in [-0.25, -0.2) is 0 Å². The second-order valence-corrected chi connectivity index (χ2v) is 5.60. The SMILES string of the molecule is C=C(C)n1ccc(C(=O)NC2(C3CC3)CC2)c1N. The molecule has 4 nitrogen and oxygen atoms in total. The third-order valence-corrected chi connectivity index (χ3v) is 4.09. The smallest absolute Gasteiger partial charge is 0.255 e. The Labute approximate surface area is 107 Å². The van der Waals surface area contributed by atoms with E-state index in [1.54, 1.807) is 16.8 Å². The molecule has 1 aromatic heterocycles. The van der Waals surface area contributed by atoms with E-state index < -0.39 is 0 Å². The summed E-state index contributed by atoms with van der Waals surface area (Å²) in [4.78, 5) is 12.3. The molecule has 18 heavy (non-hydrogen) atoms. The van der Waals surface area contributed by atoms with Gasteiger partial charge in [0, 0.05) is 17.4 Å². The van der Waals surface area contributed by atoms with E-state index in [0.717, 1.165) is 18.5 Å². The van der Waals surface area contributed by atoms with Gasteiger partial charge in [0.15, 0.2) is 0 Å². The Morgan fingerprint density at radius 3 is 2.67 bits per heavy atom. The van der Waals surface area contributed by atoms with Gasteiger partial charge < -0.3 is 15.6 Å². The van der Waals surface area contributed by atoms with Gasteiger partial charge in [-0.1, -0.05) is 6.58 Å². The van der Waals surface area contributed by atoms with Crippen molar-refractivity contribution in [2.24, 2.45) is 5.92 Å². The number of aromatic nitrogens is 1. The molecule has 96 valence electrons. The maximum atomic E-state index is 12.3. The van der Waals surface area contributed by atoms with Crippen molar-refractivity contribution in [3.05, 3.63) is 24.4 Å². The summed E-state index contributed by atoms with van der Waals surface area (Å²) in [6, 6.07) is 1.77. The fraction of sp³-hybridized carbons (Fsp3) is 0.500. The molecule has 0 unspecified atom stereocenters. The molecule has 1 amide bonds. The zero-order valence-electron chi connectivity index (χ0n) is 10.7. The maximum Gasteiger partial charge on any atom is 0.255 e. The molecule has 1 heterocycles. The van der Waals surface area contributed by atoms with E-state index in [4.69, 9.17) is 5.73 Å². The Balaban J connectivity index is 1.78. The van der Waals surface area contributed by atoms with Crippen molar-refractivity contribution in [1.29, 1.82) is 0 Å². The van der Waals surface area contributed by atoms with Crippen molar-refractivity contribution >= 4 is 17.4 Å². The minimum atomic E-state index is -0.0445. The molecule has 1 aromatic rings. The number of anilines is 1. The van der Waals surface area contributed by atoms with Gasteiger partial charge in [-0.3, -0.25) is 4.79 Å². The molecule has 2 saturated carbocycles. The lowest BCUT2D eigenvalue weighted by molar-refractivity contribution is 0.0927. The van der Waals surface area contributed by atoms with Crippen LogP contribution in [0.1, 0.15) is 43.0 Å². The fourth-order valence-electron chi connectivity index (χ4n) is 2.67. The number of allylic oxidation sites excluding steroid dienone is 1. The molecular weight excluding hydrogens is 226 g/mol. The van der Waals surface area contributed by atoms with Crippen LogP contribution in [0.5, 0.6) is 0 Å². The van der Waals surface area contributed by atoms with Crippen molar-refractivity contribution in [3.63, 3.8) is 0 Å². The molecule has 3 rings (SSSR count). The Morgan fingerprint density at radius 1 is 1.56 bits per heavy atom. The summed E-state index contributed by atoms with van der Waals surface area (Å²) in [6.45, 7) is 5.70. The van der Waals surface area contributed by atoms with Crippen LogP contribution >= 0.6 is 0 Å². The molecule has 0 spiro atoms. The normalized spacial score (nSPS) is 20.5. The molecule has 0 saturated heterocycles. The molecule has 0 aliphatic heterocycles. The second-order valence-electron chi connectivity index (χ2n) is 5.60. The predicted molar refractivity (Wildman–Crippen MR) is 72.0 cm³/mol. The quantitative estimate of drug-likeness (QED) is 0.854. The third-order valence-electron chi connectivity index (χ3n) is 4.09. The van der Waals surface area contributed by atoms with Gasteiger partial charge >= 0.3 is 0 Å². The number of carbonyl (C=O) groups excluding carboxylic acids is 1. The van der Waals surface area contributed by atoms with E-state index in [-0.39, 0.29) is 11.4 Å². The van der Waals surface area contributed by atoms with Crippen molar-refractivity contribution in [2.45, 2.75) is 38.1 Å². The lowest BCUT2D eigenvalue weighted by Crippen LogP contribution is -2.38. The number of rotatable bonds is 4. The summed E-state index contributed by atoms with van der Waals surface area (Å²) in [5, 5.41) is 3.18. The van der Waals surface area contributed by atoms with Gasteiger partial charge in [-0.2, -0.15) is 0 Å². The number of hydrogen-bond donors (Lipinski definition) is 2. The summed E-state index contributed by atoms with van der Waals surface area (Å²) >= 11 is 0. The molecule has 3 N–H and O–H groups in total. The minimum absolute atomic E-state index is 0.0445. The fourth-order valence-corrected chi connectivity index (χ4v) is 2.67. The van der Waals surface area contributed by atoms with Crippen LogP contribution in [0.25, 0.3) is 5.70 Å². The van der Waals surface area contributed by atoms with Crippen LogP contribution in [0.2, 0.25) is 0 Å². The van der Waals surface area contributed by atoms with E-state index in [1.165, 1.54) is 12.8 Å². The summed E-state index contributed by atoms with van der Waals surface area (Å²) in [6.07, 6.45) is 6.53. The van der Waals surface area contributed by atoms with Crippen LogP contribution in [0, 0.1) is 5.92 Å². The van der Waals surface area contributed by atoms with E-state index in [9.17, 15) is 4.79 Å². The molecule has 0 atom stereocenters. The van der Waals surface area contributed by atoms with Crippen LogP contribution in [0.15, 0.2) is 18.8 Å². The zero-order chi connectivity index (χ0) is 12.9. The second kappa shape index (κ2) is 3.64. The van der Waals surface area contributed by atoms with E-state index in [0.29, 0.717) is 17.3 Å². The first-order valence-electron chi connectivity index (χ1n) is 6.49. The molecule has 4 heteroatoms. The van der Waals surface area contributed by atoms with Gasteiger partial charge in [0.1, 0.15) is 5.82 Å². The van der Waals surface area contributed by atoms with E-state index >= 15 is 0 Å². The lowest BCUT2D eigenvalue weighted by atomic mass is 10.1. The average molecular weight is 245 g/mol. The first-order chi connectivity index (χ1) is 8.53. The van der Waals surface area contributed by atoms with Crippen LogP contribution in [-0.4, -0.2) is 16.0 Å². The highest BCUT2D eigenvalue weighted by Crippen LogP contribution is 2.53. The van der Waals surface area contributed by atoms with Crippen LogP contribution < -0.4 is 11.1 Å². The molecule has 0 bridgehead atoms. The summed E-state index contributed by atoms with van der Waals surface area (Å²) in [7, 11) is 0. The summed E-state index contributed by atoms with van der Waals surface area (Å²) in [5.74, 6) is 1.13. The highest BCUT2D eigenvalue weighted by Gasteiger charge is 2.54. The molecule has 0 radical (unpaired) electrons. The number of nitrogens with one attached hydrogen (secondary N) is 1. The molecule has 2 aliphatic rings. The van der Waals surface area contributed by atoms with Gasteiger partial charge in [0.05, 0.1) is 5.56 Å². The number of nitrogens with zero attached hydrogens (tertiary/aromatic N) is 1. The highest BCUT2D eigenvalue weighted by molar-refractivity contribution is 5.99. The number of hydrogen-bond acceptors (Lipinski definition) is 2. The first-order valence-corrected chi connectivity index (χ1v) is 6.49. The van der Waals surface area contributed by atoms with Crippen molar-refractivity contribution < 1.29 is 4.79 Å². The summed E-state index contributed by atoms with van der Waals surface area (Å²) in [5.41, 5.74) is 7.44.